The van der Waals surface area contributed by atoms with Gasteiger partial charge in [-0.1, -0.05) is 56.0 Å². The summed E-state index contributed by atoms with van der Waals surface area (Å²) in [5.41, 5.74) is 7.54. The average Bonchev–Trinajstić information content (AvgIpc) is 2.74. The van der Waals surface area contributed by atoms with Gasteiger partial charge in [-0.3, -0.25) is 0 Å². The zero-order chi connectivity index (χ0) is 13.5. The largest absolute Gasteiger partial charge is 0.324 e. The van der Waals surface area contributed by atoms with Gasteiger partial charge in [0, 0.05) is 12.1 Å². The van der Waals surface area contributed by atoms with Gasteiger partial charge in [-0.05, 0) is 38.4 Å². The van der Waals surface area contributed by atoms with Crippen molar-refractivity contribution in [3.63, 3.8) is 0 Å². The van der Waals surface area contributed by atoms with Crippen LogP contribution < -0.4 is 5.73 Å². The zero-order valence-electron chi connectivity index (χ0n) is 12.2. The van der Waals surface area contributed by atoms with Crippen LogP contribution in [0.3, 0.4) is 0 Å². The van der Waals surface area contributed by atoms with E-state index in [1.165, 1.54) is 44.1 Å². The molecule has 1 aliphatic rings. The fraction of sp³-hybridized carbons (Fsp3) is 0.647. The van der Waals surface area contributed by atoms with E-state index in [1.807, 2.05) is 6.07 Å². The lowest BCUT2D eigenvalue weighted by Crippen LogP contribution is -2.33. The summed E-state index contributed by atoms with van der Waals surface area (Å²) in [6.45, 7) is 1.11. The van der Waals surface area contributed by atoms with Crippen LogP contribution in [-0.4, -0.2) is 24.5 Å². The molecule has 19 heavy (non-hydrogen) atoms. The van der Waals surface area contributed by atoms with Gasteiger partial charge in [0.05, 0.1) is 0 Å². The second-order valence-electron chi connectivity index (χ2n) is 5.93. The second-order valence-corrected chi connectivity index (χ2v) is 5.93. The predicted octanol–water partition coefficient (Wildman–Crippen LogP) is 3.73. The molecule has 2 heteroatoms. The van der Waals surface area contributed by atoms with Gasteiger partial charge in [0.1, 0.15) is 0 Å². The first-order valence-corrected chi connectivity index (χ1v) is 7.78. The van der Waals surface area contributed by atoms with Crippen molar-refractivity contribution in [1.82, 2.24) is 4.90 Å². The van der Waals surface area contributed by atoms with Crippen molar-refractivity contribution < 1.29 is 0 Å². The third-order valence-electron chi connectivity index (χ3n) is 4.47. The Balaban J connectivity index is 1.77. The Hall–Kier alpha value is -0.860. The van der Waals surface area contributed by atoms with Crippen LogP contribution in [0.2, 0.25) is 0 Å². The van der Waals surface area contributed by atoms with Gasteiger partial charge < -0.3 is 10.6 Å². The third kappa shape index (κ3) is 4.63. The molecule has 1 unspecified atom stereocenters. The van der Waals surface area contributed by atoms with E-state index in [4.69, 9.17) is 5.73 Å². The van der Waals surface area contributed by atoms with E-state index in [0.717, 1.165) is 19.0 Å². The van der Waals surface area contributed by atoms with Crippen LogP contribution in [-0.2, 0) is 0 Å². The Morgan fingerprint density at radius 1 is 1.11 bits per heavy atom. The summed E-state index contributed by atoms with van der Waals surface area (Å²) in [5.74, 6) is 0. The first-order chi connectivity index (χ1) is 9.27. The zero-order valence-corrected chi connectivity index (χ0v) is 12.2. The van der Waals surface area contributed by atoms with E-state index in [9.17, 15) is 0 Å². The van der Waals surface area contributed by atoms with Crippen molar-refractivity contribution >= 4 is 0 Å². The average molecular weight is 260 g/mol. The fourth-order valence-electron chi connectivity index (χ4n) is 3.09. The SMILES string of the molecule is CN(CCC(N)c1ccccc1)C1CCCCCC1. The Bertz CT molecular complexity index is 342. The molecule has 1 aromatic carbocycles. The van der Waals surface area contributed by atoms with Gasteiger partial charge in [-0.25, -0.2) is 0 Å². The Kier molecular flexibility index (Phi) is 5.87. The van der Waals surface area contributed by atoms with Crippen LogP contribution in [0.1, 0.15) is 56.6 Å². The lowest BCUT2D eigenvalue weighted by atomic mass is 10.0. The number of hydrogen-bond acceptors (Lipinski definition) is 2. The van der Waals surface area contributed by atoms with Gasteiger partial charge in [-0.2, -0.15) is 0 Å². The van der Waals surface area contributed by atoms with Gasteiger partial charge >= 0.3 is 0 Å². The Morgan fingerprint density at radius 2 is 1.74 bits per heavy atom. The van der Waals surface area contributed by atoms with Gasteiger partial charge in [0.25, 0.3) is 0 Å². The maximum absolute atomic E-state index is 6.28. The van der Waals surface area contributed by atoms with E-state index >= 15 is 0 Å². The smallest absolute Gasteiger partial charge is 0.0307 e. The molecule has 0 heterocycles. The maximum Gasteiger partial charge on any atom is 0.0307 e. The minimum absolute atomic E-state index is 0.175. The number of rotatable bonds is 5. The van der Waals surface area contributed by atoms with Crippen molar-refractivity contribution in [2.45, 2.75) is 57.0 Å². The predicted molar refractivity (Wildman–Crippen MR) is 82.1 cm³/mol. The highest BCUT2D eigenvalue weighted by molar-refractivity contribution is 5.18. The molecule has 0 radical (unpaired) electrons. The lowest BCUT2D eigenvalue weighted by Gasteiger charge is -2.28. The molecule has 2 rings (SSSR count). The Morgan fingerprint density at radius 3 is 2.37 bits per heavy atom. The highest BCUT2D eigenvalue weighted by atomic mass is 15.1. The molecular weight excluding hydrogens is 232 g/mol. The minimum atomic E-state index is 0.175. The molecule has 0 saturated heterocycles. The number of nitrogens with two attached hydrogens (primary N) is 1. The molecule has 0 aromatic heterocycles. The summed E-state index contributed by atoms with van der Waals surface area (Å²) in [4.78, 5) is 2.54. The standard InChI is InChI=1S/C17H28N2/c1-19(16-11-7-2-3-8-12-16)14-13-17(18)15-9-5-4-6-10-15/h4-6,9-10,16-17H,2-3,7-8,11-14,18H2,1H3. The molecule has 2 N–H and O–H groups in total. The maximum atomic E-state index is 6.28. The topological polar surface area (TPSA) is 29.3 Å². The molecule has 2 nitrogen and oxygen atoms in total. The van der Waals surface area contributed by atoms with E-state index in [2.05, 4.69) is 36.2 Å². The summed E-state index contributed by atoms with van der Waals surface area (Å²) in [6.07, 6.45) is 9.45. The summed E-state index contributed by atoms with van der Waals surface area (Å²) >= 11 is 0. The van der Waals surface area contributed by atoms with Gasteiger partial charge in [0.2, 0.25) is 0 Å². The van der Waals surface area contributed by atoms with E-state index in [1.54, 1.807) is 0 Å². The summed E-state index contributed by atoms with van der Waals surface area (Å²) in [7, 11) is 2.27. The van der Waals surface area contributed by atoms with E-state index in [0.29, 0.717) is 0 Å². The minimum Gasteiger partial charge on any atom is -0.324 e. The molecule has 1 atom stereocenters. The molecule has 106 valence electrons. The van der Waals surface area contributed by atoms with Crippen LogP contribution in [0.15, 0.2) is 30.3 Å². The van der Waals surface area contributed by atoms with Crippen LogP contribution in [0.25, 0.3) is 0 Å². The van der Waals surface area contributed by atoms with Crippen molar-refractivity contribution in [2.24, 2.45) is 5.73 Å². The van der Waals surface area contributed by atoms with Crippen LogP contribution >= 0.6 is 0 Å². The number of hydrogen-bond donors (Lipinski definition) is 1. The molecule has 0 amide bonds. The van der Waals surface area contributed by atoms with Gasteiger partial charge in [0.15, 0.2) is 0 Å². The van der Waals surface area contributed by atoms with Crippen LogP contribution in [0, 0.1) is 0 Å². The normalized spacial score (nSPS) is 19.3. The van der Waals surface area contributed by atoms with Crippen molar-refractivity contribution in [1.29, 1.82) is 0 Å². The van der Waals surface area contributed by atoms with Gasteiger partial charge in [-0.15, -0.1) is 0 Å². The summed E-state index contributed by atoms with van der Waals surface area (Å²) in [5, 5.41) is 0. The highest BCUT2D eigenvalue weighted by Crippen LogP contribution is 2.22. The first kappa shape index (κ1) is 14.5. The fourth-order valence-corrected chi connectivity index (χ4v) is 3.09. The van der Waals surface area contributed by atoms with Crippen molar-refractivity contribution in [3.8, 4) is 0 Å². The van der Waals surface area contributed by atoms with Crippen molar-refractivity contribution in [3.05, 3.63) is 35.9 Å². The number of benzene rings is 1. The second kappa shape index (κ2) is 7.66. The monoisotopic (exact) mass is 260 g/mol. The molecule has 0 spiro atoms. The molecule has 1 aliphatic carbocycles. The summed E-state index contributed by atoms with van der Waals surface area (Å²) in [6, 6.07) is 11.4. The molecule has 1 aromatic rings. The molecule has 1 saturated carbocycles. The molecule has 1 fully saturated rings. The van der Waals surface area contributed by atoms with Crippen LogP contribution in [0.5, 0.6) is 0 Å². The van der Waals surface area contributed by atoms with E-state index in [-0.39, 0.29) is 6.04 Å². The summed E-state index contributed by atoms with van der Waals surface area (Å²) < 4.78 is 0. The lowest BCUT2D eigenvalue weighted by molar-refractivity contribution is 0.214. The quantitative estimate of drug-likeness (QED) is 0.817. The molecular formula is C17H28N2. The third-order valence-corrected chi connectivity index (χ3v) is 4.47. The highest BCUT2D eigenvalue weighted by Gasteiger charge is 2.17. The molecule has 0 aliphatic heterocycles. The van der Waals surface area contributed by atoms with Crippen molar-refractivity contribution in [2.75, 3.05) is 13.6 Å². The van der Waals surface area contributed by atoms with Crippen LogP contribution in [0.4, 0.5) is 0 Å². The number of nitrogens with zero attached hydrogens (tertiary/aromatic N) is 1. The Labute approximate surface area is 118 Å². The first-order valence-electron chi connectivity index (χ1n) is 7.78. The van der Waals surface area contributed by atoms with E-state index < -0.39 is 0 Å². The molecule has 0 bridgehead atoms.